The van der Waals surface area contributed by atoms with Crippen LogP contribution in [0.25, 0.3) is 0 Å². The van der Waals surface area contributed by atoms with Gasteiger partial charge in [0.05, 0.1) is 6.54 Å². The molecule has 0 unspecified atom stereocenters. The smallest absolute Gasteiger partial charge is 0.223 e. The second-order valence-corrected chi connectivity index (χ2v) is 5.21. The molecule has 0 spiro atoms. The minimum atomic E-state index is 0.187. The summed E-state index contributed by atoms with van der Waals surface area (Å²) in [5.41, 5.74) is 2.29. The number of hydrogen-bond acceptors (Lipinski definition) is 3. The van der Waals surface area contributed by atoms with E-state index in [-0.39, 0.29) is 11.8 Å². The molecular weight excluding hydrogens is 252 g/mol. The van der Waals surface area contributed by atoms with Gasteiger partial charge in [0.25, 0.3) is 0 Å². The molecular formula is C15H18N4O. The number of nitrogens with zero attached hydrogens (tertiary/aromatic N) is 3. The lowest BCUT2D eigenvalue weighted by Crippen LogP contribution is -2.34. The average Bonchev–Trinajstić information content (AvgIpc) is 2.88. The molecule has 0 bridgehead atoms. The van der Waals surface area contributed by atoms with Gasteiger partial charge in [-0.25, -0.2) is 9.67 Å². The monoisotopic (exact) mass is 270 g/mol. The Balaban J connectivity index is 1.64. The van der Waals surface area contributed by atoms with Gasteiger partial charge in [-0.2, -0.15) is 5.10 Å². The number of nitrogens with one attached hydrogen (secondary N) is 1. The second kappa shape index (κ2) is 5.86. The van der Waals surface area contributed by atoms with Crippen LogP contribution in [0.15, 0.2) is 36.9 Å². The predicted octanol–water partition coefficient (Wildman–Crippen LogP) is 1.74. The molecule has 2 aromatic rings. The van der Waals surface area contributed by atoms with Crippen LogP contribution in [0, 0.1) is 5.92 Å². The van der Waals surface area contributed by atoms with E-state index in [4.69, 9.17) is 0 Å². The minimum Gasteiger partial charge on any atom is -0.352 e. The number of rotatable bonds is 5. The summed E-state index contributed by atoms with van der Waals surface area (Å²) in [6.07, 6.45) is 6.48. The number of carbonyl (C=O) groups excluding carboxylic acids is 1. The maximum absolute atomic E-state index is 11.9. The van der Waals surface area contributed by atoms with Gasteiger partial charge in [0.1, 0.15) is 12.7 Å². The summed E-state index contributed by atoms with van der Waals surface area (Å²) in [5, 5.41) is 7.15. The van der Waals surface area contributed by atoms with Crippen LogP contribution in [-0.4, -0.2) is 20.7 Å². The van der Waals surface area contributed by atoms with Crippen LogP contribution in [0.5, 0.6) is 0 Å². The molecule has 1 amide bonds. The highest BCUT2D eigenvalue weighted by molar-refractivity contribution is 5.79. The molecule has 0 radical (unpaired) electrons. The average molecular weight is 270 g/mol. The molecule has 5 nitrogen and oxygen atoms in total. The topological polar surface area (TPSA) is 59.8 Å². The largest absolute Gasteiger partial charge is 0.352 e. The van der Waals surface area contributed by atoms with E-state index < -0.39 is 0 Å². The van der Waals surface area contributed by atoms with E-state index in [2.05, 4.69) is 21.5 Å². The molecule has 0 atom stereocenters. The van der Waals surface area contributed by atoms with Gasteiger partial charge in [-0.15, -0.1) is 0 Å². The highest BCUT2D eigenvalue weighted by atomic mass is 16.1. The van der Waals surface area contributed by atoms with Gasteiger partial charge in [0.15, 0.2) is 0 Å². The maximum atomic E-state index is 11.9. The third-order valence-electron chi connectivity index (χ3n) is 3.85. The molecule has 1 fully saturated rings. The van der Waals surface area contributed by atoms with Crippen molar-refractivity contribution >= 4 is 5.91 Å². The fourth-order valence-electron chi connectivity index (χ4n) is 2.37. The molecule has 5 heteroatoms. The molecule has 104 valence electrons. The third-order valence-corrected chi connectivity index (χ3v) is 3.85. The zero-order chi connectivity index (χ0) is 13.8. The van der Waals surface area contributed by atoms with Crippen molar-refractivity contribution < 1.29 is 4.79 Å². The van der Waals surface area contributed by atoms with Gasteiger partial charge >= 0.3 is 0 Å². The first-order valence-electron chi connectivity index (χ1n) is 7.00. The quantitative estimate of drug-likeness (QED) is 0.900. The second-order valence-electron chi connectivity index (χ2n) is 5.21. The number of carbonyl (C=O) groups is 1. The van der Waals surface area contributed by atoms with Gasteiger partial charge in [-0.05, 0) is 24.0 Å². The number of amides is 1. The van der Waals surface area contributed by atoms with Crippen LogP contribution in [0.1, 0.15) is 30.4 Å². The summed E-state index contributed by atoms with van der Waals surface area (Å²) in [6.45, 7) is 1.26. The Kier molecular flexibility index (Phi) is 3.76. The van der Waals surface area contributed by atoms with Crippen LogP contribution in [0.3, 0.4) is 0 Å². The van der Waals surface area contributed by atoms with E-state index in [9.17, 15) is 4.79 Å². The van der Waals surface area contributed by atoms with Gasteiger partial charge in [0, 0.05) is 12.5 Å². The highest BCUT2D eigenvalue weighted by Gasteiger charge is 2.24. The Morgan fingerprint density at radius 2 is 2.10 bits per heavy atom. The first kappa shape index (κ1) is 12.8. The van der Waals surface area contributed by atoms with Crippen molar-refractivity contribution in [1.82, 2.24) is 20.1 Å². The van der Waals surface area contributed by atoms with Crippen LogP contribution in [0.4, 0.5) is 0 Å². The van der Waals surface area contributed by atoms with Crippen LogP contribution >= 0.6 is 0 Å². The zero-order valence-electron chi connectivity index (χ0n) is 11.3. The lowest BCUT2D eigenvalue weighted by atomic mass is 9.85. The minimum absolute atomic E-state index is 0.187. The summed E-state index contributed by atoms with van der Waals surface area (Å²) < 4.78 is 1.78. The molecule has 3 rings (SSSR count). The molecule has 0 aliphatic heterocycles. The molecule has 20 heavy (non-hydrogen) atoms. The van der Waals surface area contributed by atoms with E-state index >= 15 is 0 Å². The number of hydrogen-bond donors (Lipinski definition) is 1. The van der Waals surface area contributed by atoms with E-state index in [0.29, 0.717) is 13.1 Å². The Hall–Kier alpha value is -2.17. The number of benzene rings is 1. The van der Waals surface area contributed by atoms with Gasteiger partial charge in [0.2, 0.25) is 5.91 Å². The predicted molar refractivity (Wildman–Crippen MR) is 74.8 cm³/mol. The standard InChI is InChI=1S/C15H18N4O/c20-15(12-6-3-7-12)17-8-13-4-1-2-5-14(13)9-19-11-16-10-18-19/h1-2,4-5,10-12H,3,6-9H2,(H,17,20). The highest BCUT2D eigenvalue weighted by Crippen LogP contribution is 2.26. The van der Waals surface area contributed by atoms with Crippen molar-refractivity contribution in [2.45, 2.75) is 32.4 Å². The summed E-state index contributed by atoms with van der Waals surface area (Å²) in [7, 11) is 0. The fourth-order valence-corrected chi connectivity index (χ4v) is 2.37. The first-order valence-corrected chi connectivity index (χ1v) is 7.00. The van der Waals surface area contributed by atoms with Crippen molar-refractivity contribution in [2.24, 2.45) is 5.92 Å². The normalized spacial score (nSPS) is 14.8. The maximum Gasteiger partial charge on any atom is 0.223 e. The lowest BCUT2D eigenvalue weighted by molar-refractivity contribution is -0.127. The van der Waals surface area contributed by atoms with Crippen molar-refractivity contribution in [3.63, 3.8) is 0 Å². The Morgan fingerprint density at radius 3 is 2.75 bits per heavy atom. The molecule has 1 heterocycles. The fraction of sp³-hybridized carbons (Fsp3) is 0.400. The van der Waals surface area contributed by atoms with E-state index in [0.717, 1.165) is 24.0 Å². The molecule has 0 saturated heterocycles. The Morgan fingerprint density at radius 1 is 1.30 bits per heavy atom. The molecule has 1 aliphatic rings. The summed E-state index contributed by atoms with van der Waals surface area (Å²) in [6, 6.07) is 8.11. The van der Waals surface area contributed by atoms with E-state index in [1.807, 2.05) is 18.2 Å². The van der Waals surface area contributed by atoms with Crippen molar-refractivity contribution in [2.75, 3.05) is 0 Å². The van der Waals surface area contributed by atoms with E-state index in [1.54, 1.807) is 11.0 Å². The van der Waals surface area contributed by atoms with Crippen LogP contribution < -0.4 is 5.32 Å². The van der Waals surface area contributed by atoms with Crippen LogP contribution in [0.2, 0.25) is 0 Å². The number of aromatic nitrogens is 3. The van der Waals surface area contributed by atoms with Gasteiger partial charge in [-0.3, -0.25) is 4.79 Å². The van der Waals surface area contributed by atoms with Crippen LogP contribution in [-0.2, 0) is 17.9 Å². The zero-order valence-corrected chi connectivity index (χ0v) is 11.3. The Labute approximate surface area is 118 Å². The molecule has 1 N–H and O–H groups in total. The van der Waals surface area contributed by atoms with Crippen molar-refractivity contribution in [3.05, 3.63) is 48.0 Å². The molecule has 1 aromatic carbocycles. The molecule has 1 aliphatic carbocycles. The SMILES string of the molecule is O=C(NCc1ccccc1Cn1cncn1)C1CCC1. The first-order chi connectivity index (χ1) is 9.83. The van der Waals surface area contributed by atoms with E-state index in [1.165, 1.54) is 12.7 Å². The van der Waals surface area contributed by atoms with Gasteiger partial charge in [-0.1, -0.05) is 30.7 Å². The van der Waals surface area contributed by atoms with Gasteiger partial charge < -0.3 is 5.32 Å². The van der Waals surface area contributed by atoms with Crippen molar-refractivity contribution in [1.29, 1.82) is 0 Å². The Bertz CT molecular complexity index is 575. The summed E-state index contributed by atoms with van der Waals surface area (Å²) in [4.78, 5) is 15.8. The lowest BCUT2D eigenvalue weighted by Gasteiger charge is -2.24. The summed E-state index contributed by atoms with van der Waals surface area (Å²) in [5.74, 6) is 0.421. The van der Waals surface area contributed by atoms with Crippen molar-refractivity contribution in [3.8, 4) is 0 Å². The summed E-state index contributed by atoms with van der Waals surface area (Å²) >= 11 is 0. The molecule has 1 saturated carbocycles. The third kappa shape index (κ3) is 2.87. The molecule has 1 aromatic heterocycles.